The van der Waals surface area contributed by atoms with Gasteiger partial charge in [0.1, 0.15) is 11.8 Å². The Balaban J connectivity index is 1.56. The molecule has 4 N–H and O–H groups in total. The van der Waals surface area contributed by atoms with E-state index in [1.165, 1.54) is 10.7 Å². The second-order valence-corrected chi connectivity index (χ2v) is 8.07. The standard InChI is InChI=1S/C23H22FN9O/c1-13(25)9-27-19-4-3-16(21-17(19)10-28-23(30-21)33-6-5-26-12-33)22(34)29-15-7-14-11-32(2)31-20(14)18(24)8-15/h3-8,10-13,27H,9,25H2,1-2H3,(H,29,34)/t13-/m1/s1. The highest BCUT2D eigenvalue weighted by Crippen LogP contribution is 2.27. The first-order valence-electron chi connectivity index (χ1n) is 10.6. The lowest BCUT2D eigenvalue weighted by atomic mass is 10.1. The Bertz CT molecular complexity index is 1510. The number of nitrogens with zero attached hydrogens (tertiary/aromatic N) is 6. The van der Waals surface area contributed by atoms with Crippen molar-refractivity contribution in [2.24, 2.45) is 12.8 Å². The SMILES string of the molecule is C[C@@H](N)CNc1ccc(C(=O)Nc2cc(F)c3nn(C)cc3c2)c2nc(-n3ccnc3)ncc12. The highest BCUT2D eigenvalue weighted by atomic mass is 19.1. The number of anilines is 2. The minimum atomic E-state index is -0.515. The summed E-state index contributed by atoms with van der Waals surface area (Å²) in [5.41, 5.74) is 7.96. The Morgan fingerprint density at radius 2 is 2.12 bits per heavy atom. The zero-order valence-electron chi connectivity index (χ0n) is 18.5. The number of aromatic nitrogens is 6. The van der Waals surface area contributed by atoms with Crippen molar-refractivity contribution in [1.82, 2.24) is 29.3 Å². The fourth-order valence-corrected chi connectivity index (χ4v) is 3.70. The van der Waals surface area contributed by atoms with E-state index in [9.17, 15) is 9.18 Å². The van der Waals surface area contributed by atoms with E-state index in [4.69, 9.17) is 5.73 Å². The van der Waals surface area contributed by atoms with Crippen molar-refractivity contribution in [3.05, 3.63) is 66.8 Å². The minimum Gasteiger partial charge on any atom is -0.383 e. The van der Waals surface area contributed by atoms with Crippen molar-refractivity contribution in [3.8, 4) is 5.95 Å². The summed E-state index contributed by atoms with van der Waals surface area (Å²) in [5.74, 6) is -0.577. The molecule has 1 amide bonds. The molecule has 0 unspecified atom stereocenters. The number of nitrogens with one attached hydrogen (secondary N) is 2. The number of amides is 1. The number of rotatable bonds is 6. The zero-order valence-corrected chi connectivity index (χ0v) is 18.5. The van der Waals surface area contributed by atoms with Crippen LogP contribution in [0.1, 0.15) is 17.3 Å². The lowest BCUT2D eigenvalue weighted by Gasteiger charge is -2.14. The van der Waals surface area contributed by atoms with Gasteiger partial charge in [0, 0.05) is 66.6 Å². The number of hydrogen-bond donors (Lipinski definition) is 3. The molecule has 11 heteroatoms. The summed E-state index contributed by atoms with van der Waals surface area (Å²) in [4.78, 5) is 26.4. The number of aryl methyl sites for hydroxylation is 1. The molecule has 0 fully saturated rings. The quantitative estimate of drug-likeness (QED) is 0.356. The molecule has 0 saturated heterocycles. The van der Waals surface area contributed by atoms with Gasteiger partial charge in [0.25, 0.3) is 5.91 Å². The molecule has 1 atom stereocenters. The van der Waals surface area contributed by atoms with Crippen molar-refractivity contribution < 1.29 is 9.18 Å². The molecule has 5 aromatic rings. The number of carbonyl (C=O) groups excluding carboxylic acids is 1. The average molecular weight is 459 g/mol. The van der Waals surface area contributed by atoms with Crippen molar-refractivity contribution in [2.45, 2.75) is 13.0 Å². The number of benzene rings is 2. The van der Waals surface area contributed by atoms with Crippen LogP contribution >= 0.6 is 0 Å². The molecule has 0 bridgehead atoms. The highest BCUT2D eigenvalue weighted by molar-refractivity contribution is 6.14. The van der Waals surface area contributed by atoms with Crippen molar-refractivity contribution in [2.75, 3.05) is 17.2 Å². The summed E-state index contributed by atoms with van der Waals surface area (Å²) >= 11 is 0. The summed E-state index contributed by atoms with van der Waals surface area (Å²) < 4.78 is 17.7. The van der Waals surface area contributed by atoms with Crippen LogP contribution in [0, 0.1) is 5.82 Å². The van der Waals surface area contributed by atoms with Crippen LogP contribution in [-0.4, -0.2) is 47.8 Å². The topological polar surface area (TPSA) is 129 Å². The smallest absolute Gasteiger partial charge is 0.257 e. The summed E-state index contributed by atoms with van der Waals surface area (Å²) in [5, 5.41) is 11.4. The van der Waals surface area contributed by atoms with Crippen LogP contribution in [-0.2, 0) is 7.05 Å². The summed E-state index contributed by atoms with van der Waals surface area (Å²) in [6, 6.07) is 6.31. The van der Waals surface area contributed by atoms with Gasteiger partial charge in [-0.2, -0.15) is 5.10 Å². The molecule has 2 aromatic carbocycles. The van der Waals surface area contributed by atoms with E-state index in [-0.39, 0.29) is 11.6 Å². The first-order chi connectivity index (χ1) is 16.4. The largest absolute Gasteiger partial charge is 0.383 e. The Hall–Kier alpha value is -4.38. The molecule has 34 heavy (non-hydrogen) atoms. The van der Waals surface area contributed by atoms with Gasteiger partial charge in [-0.15, -0.1) is 0 Å². The monoisotopic (exact) mass is 459 g/mol. The van der Waals surface area contributed by atoms with E-state index in [1.807, 2.05) is 6.92 Å². The Labute approximate surface area is 193 Å². The van der Waals surface area contributed by atoms with E-state index in [1.54, 1.807) is 60.9 Å². The fourth-order valence-electron chi connectivity index (χ4n) is 3.70. The summed E-state index contributed by atoms with van der Waals surface area (Å²) in [7, 11) is 1.71. The first kappa shape index (κ1) is 21.5. The van der Waals surface area contributed by atoms with Crippen LogP contribution in [0.2, 0.25) is 0 Å². The predicted octanol–water partition coefficient (Wildman–Crippen LogP) is 2.85. The zero-order chi connectivity index (χ0) is 23.8. The number of halogens is 1. The first-order valence-corrected chi connectivity index (χ1v) is 10.6. The predicted molar refractivity (Wildman–Crippen MR) is 127 cm³/mol. The van der Waals surface area contributed by atoms with Gasteiger partial charge in [0.2, 0.25) is 5.95 Å². The molecule has 10 nitrogen and oxygen atoms in total. The summed E-state index contributed by atoms with van der Waals surface area (Å²) in [6.07, 6.45) is 8.24. The highest BCUT2D eigenvalue weighted by Gasteiger charge is 2.17. The lowest BCUT2D eigenvalue weighted by molar-refractivity contribution is 0.102. The third-order valence-electron chi connectivity index (χ3n) is 5.27. The second kappa shape index (κ2) is 8.52. The third kappa shape index (κ3) is 4.04. The van der Waals surface area contributed by atoms with Crippen LogP contribution in [0.4, 0.5) is 15.8 Å². The van der Waals surface area contributed by atoms with Gasteiger partial charge in [-0.3, -0.25) is 14.0 Å². The Kier molecular flexibility index (Phi) is 5.38. The van der Waals surface area contributed by atoms with Crippen molar-refractivity contribution >= 4 is 39.1 Å². The van der Waals surface area contributed by atoms with Gasteiger partial charge in [0.15, 0.2) is 5.82 Å². The van der Waals surface area contributed by atoms with Crippen LogP contribution in [0.15, 0.2) is 55.4 Å². The molecule has 172 valence electrons. The van der Waals surface area contributed by atoms with E-state index in [2.05, 4.69) is 30.7 Å². The number of hydrogen-bond acceptors (Lipinski definition) is 7. The average Bonchev–Trinajstić information content (AvgIpc) is 3.46. The third-order valence-corrected chi connectivity index (χ3v) is 5.27. The maximum absolute atomic E-state index is 14.5. The molecular formula is C23H22FN9O. The maximum atomic E-state index is 14.5. The molecule has 3 heterocycles. The second-order valence-electron chi connectivity index (χ2n) is 8.07. The lowest BCUT2D eigenvalue weighted by Crippen LogP contribution is -2.25. The fraction of sp³-hybridized carbons (Fsp3) is 0.174. The Morgan fingerprint density at radius 3 is 2.88 bits per heavy atom. The number of imidazole rings is 1. The van der Waals surface area contributed by atoms with Crippen molar-refractivity contribution in [1.29, 1.82) is 0 Å². The summed E-state index contributed by atoms with van der Waals surface area (Å²) in [6.45, 7) is 2.43. The van der Waals surface area contributed by atoms with Crippen LogP contribution in [0.25, 0.3) is 27.8 Å². The maximum Gasteiger partial charge on any atom is 0.257 e. The molecule has 3 aromatic heterocycles. The van der Waals surface area contributed by atoms with E-state index in [0.717, 1.165) is 5.69 Å². The van der Waals surface area contributed by atoms with Crippen LogP contribution in [0.3, 0.4) is 0 Å². The van der Waals surface area contributed by atoms with Gasteiger partial charge < -0.3 is 16.4 Å². The molecule has 0 spiro atoms. The molecule has 0 aliphatic rings. The molecule has 0 aliphatic heterocycles. The molecule has 0 aliphatic carbocycles. The molecule has 0 radical (unpaired) electrons. The van der Waals surface area contributed by atoms with Crippen molar-refractivity contribution in [3.63, 3.8) is 0 Å². The number of nitrogens with two attached hydrogens (primary N) is 1. The Morgan fingerprint density at radius 1 is 1.26 bits per heavy atom. The minimum absolute atomic E-state index is 0.0681. The van der Waals surface area contributed by atoms with Gasteiger partial charge in [-0.05, 0) is 31.2 Å². The van der Waals surface area contributed by atoms with Gasteiger partial charge in [-0.25, -0.2) is 19.3 Å². The van der Waals surface area contributed by atoms with Gasteiger partial charge >= 0.3 is 0 Å². The normalized spacial score (nSPS) is 12.2. The molecule has 0 saturated carbocycles. The number of fused-ring (bicyclic) bond motifs is 2. The van der Waals surface area contributed by atoms with E-state index in [0.29, 0.717) is 40.0 Å². The number of carbonyl (C=O) groups is 1. The molecule has 5 rings (SSSR count). The van der Waals surface area contributed by atoms with E-state index < -0.39 is 11.7 Å². The van der Waals surface area contributed by atoms with E-state index >= 15 is 0 Å². The molecular weight excluding hydrogens is 437 g/mol. The van der Waals surface area contributed by atoms with Crippen LogP contribution < -0.4 is 16.4 Å². The van der Waals surface area contributed by atoms with Gasteiger partial charge in [-0.1, -0.05) is 0 Å². The van der Waals surface area contributed by atoms with Gasteiger partial charge in [0.05, 0.1) is 11.1 Å². The van der Waals surface area contributed by atoms with Crippen LogP contribution in [0.5, 0.6) is 0 Å².